The summed E-state index contributed by atoms with van der Waals surface area (Å²) in [5.41, 5.74) is 0. The van der Waals surface area contributed by atoms with Crippen LogP contribution in [-0.4, -0.2) is 16.8 Å². The normalized spacial score (nSPS) is 16.7. The van der Waals surface area contributed by atoms with E-state index in [-0.39, 0.29) is 0 Å². The average Bonchev–Trinajstić information content (AvgIpc) is 1.85. The first kappa shape index (κ1) is 8.40. The lowest BCUT2D eigenvalue weighted by atomic mass is 10.2. The van der Waals surface area contributed by atoms with Gasteiger partial charge < -0.3 is 15.4 Å². The van der Waals surface area contributed by atoms with Gasteiger partial charge in [-0.15, -0.1) is 0 Å². The van der Waals surface area contributed by atoms with Crippen LogP contribution in [0.5, 0.6) is 0 Å². The minimum Gasteiger partial charge on any atom is -0.430 e. The van der Waals surface area contributed by atoms with E-state index < -0.39 is 0 Å². The van der Waals surface area contributed by atoms with E-state index in [0.717, 1.165) is 6.54 Å². The van der Waals surface area contributed by atoms with E-state index in [4.69, 9.17) is 11.6 Å². The lowest BCUT2D eigenvalue weighted by Crippen LogP contribution is -2.19. The first-order chi connectivity index (χ1) is 5.18. The van der Waals surface area contributed by atoms with Gasteiger partial charge in [0.15, 0.2) is 0 Å². The number of amidine groups is 1. The zero-order chi connectivity index (χ0) is 8.27. The average molecular weight is 173 g/mol. The quantitative estimate of drug-likeness (QED) is 0.588. The number of hydrogen-bond donors (Lipinski definition) is 0. The molecular weight excluding hydrogens is 162 g/mol. The Morgan fingerprint density at radius 2 is 2.45 bits per heavy atom. The summed E-state index contributed by atoms with van der Waals surface area (Å²) in [6.45, 7) is 5.13. The molecular formula is C7H11ClN3-. The third-order valence-electron chi connectivity index (χ3n) is 1.18. The molecule has 0 aromatic rings. The van der Waals surface area contributed by atoms with E-state index in [1.54, 1.807) is 11.2 Å². The number of rotatable bonds is 2. The summed E-state index contributed by atoms with van der Waals surface area (Å²) in [6, 6.07) is 0. The largest absolute Gasteiger partial charge is 0.430 e. The van der Waals surface area contributed by atoms with Gasteiger partial charge in [0.25, 0.3) is 0 Å². The second-order valence-corrected chi connectivity index (χ2v) is 3.15. The third kappa shape index (κ3) is 2.80. The van der Waals surface area contributed by atoms with Crippen molar-refractivity contribution in [1.29, 1.82) is 0 Å². The summed E-state index contributed by atoms with van der Waals surface area (Å²) in [5, 5.41) is 9.86. The number of hydrazone groups is 1. The van der Waals surface area contributed by atoms with Gasteiger partial charge in [0.1, 0.15) is 0 Å². The minimum atomic E-state index is 0.299. The van der Waals surface area contributed by atoms with E-state index >= 15 is 0 Å². The molecule has 0 amide bonds. The van der Waals surface area contributed by atoms with Gasteiger partial charge in [-0.3, -0.25) is 0 Å². The molecule has 0 aliphatic carbocycles. The van der Waals surface area contributed by atoms with Gasteiger partial charge in [0.05, 0.1) is 0 Å². The molecule has 11 heavy (non-hydrogen) atoms. The fraction of sp³-hybridized carbons (Fsp3) is 0.571. The summed E-state index contributed by atoms with van der Waals surface area (Å²) in [5.74, 6) is 0.575. The van der Waals surface area contributed by atoms with E-state index in [0.29, 0.717) is 11.2 Å². The molecule has 0 unspecified atom stereocenters. The molecule has 4 heteroatoms. The van der Waals surface area contributed by atoms with Crippen LogP contribution < -0.4 is 0 Å². The van der Waals surface area contributed by atoms with Crippen molar-refractivity contribution in [3.8, 4) is 0 Å². The maximum atomic E-state index is 5.59. The van der Waals surface area contributed by atoms with E-state index in [9.17, 15) is 0 Å². The van der Waals surface area contributed by atoms with Gasteiger partial charge in [0.2, 0.25) is 0 Å². The third-order valence-corrected chi connectivity index (χ3v) is 1.36. The lowest BCUT2D eigenvalue weighted by molar-refractivity contribution is 0.345. The highest BCUT2D eigenvalue weighted by molar-refractivity contribution is 6.68. The maximum Gasteiger partial charge on any atom is 0.0251 e. The molecule has 0 N–H and O–H groups in total. The molecule has 0 fully saturated rings. The molecule has 0 aromatic carbocycles. The molecule has 0 saturated carbocycles. The highest BCUT2D eigenvalue weighted by Gasteiger charge is 1.97. The number of halogens is 1. The van der Waals surface area contributed by atoms with Crippen molar-refractivity contribution in [1.82, 2.24) is 5.01 Å². The molecule has 1 aliphatic rings. The Kier molecular flexibility index (Phi) is 2.76. The molecule has 0 spiro atoms. The Morgan fingerprint density at radius 1 is 1.73 bits per heavy atom. The Balaban J connectivity index is 2.45. The van der Waals surface area contributed by atoms with Gasteiger partial charge in [-0.25, -0.2) is 0 Å². The molecule has 0 saturated heterocycles. The lowest BCUT2D eigenvalue weighted by Gasteiger charge is -2.29. The SMILES string of the molecule is CC(C)CN1C=C[N-]C(Cl)=N1. The first-order valence-corrected chi connectivity index (χ1v) is 3.94. The molecule has 0 bridgehead atoms. The summed E-state index contributed by atoms with van der Waals surface area (Å²) in [4.78, 5) is 0. The fourth-order valence-corrected chi connectivity index (χ4v) is 0.966. The van der Waals surface area contributed by atoms with Crippen molar-refractivity contribution in [3.05, 3.63) is 17.7 Å². The van der Waals surface area contributed by atoms with E-state index in [1.807, 2.05) is 6.20 Å². The molecule has 3 nitrogen and oxygen atoms in total. The number of nitrogens with zero attached hydrogens (tertiary/aromatic N) is 3. The van der Waals surface area contributed by atoms with Crippen LogP contribution in [0.2, 0.25) is 0 Å². The molecule has 62 valence electrons. The van der Waals surface area contributed by atoms with Crippen molar-refractivity contribution in [2.24, 2.45) is 11.0 Å². The molecule has 1 heterocycles. The van der Waals surface area contributed by atoms with Crippen LogP contribution >= 0.6 is 11.6 Å². The van der Waals surface area contributed by atoms with Crippen LogP contribution in [0.25, 0.3) is 5.32 Å². The van der Waals surface area contributed by atoms with Gasteiger partial charge in [-0.2, -0.15) is 0 Å². The van der Waals surface area contributed by atoms with Crippen LogP contribution in [-0.2, 0) is 0 Å². The Hall–Kier alpha value is -0.700. The zero-order valence-electron chi connectivity index (χ0n) is 6.66. The summed E-state index contributed by atoms with van der Waals surface area (Å²) < 4.78 is 0. The minimum absolute atomic E-state index is 0.299. The van der Waals surface area contributed by atoms with Crippen molar-refractivity contribution in [3.63, 3.8) is 0 Å². The monoisotopic (exact) mass is 172 g/mol. The highest BCUT2D eigenvalue weighted by Crippen LogP contribution is 2.10. The van der Waals surface area contributed by atoms with Gasteiger partial charge in [-0.05, 0) is 12.1 Å². The van der Waals surface area contributed by atoms with Crippen LogP contribution in [0.3, 0.4) is 0 Å². The topological polar surface area (TPSA) is 29.7 Å². The molecule has 0 radical (unpaired) electrons. The van der Waals surface area contributed by atoms with Crippen molar-refractivity contribution in [2.75, 3.05) is 6.54 Å². The van der Waals surface area contributed by atoms with Gasteiger partial charge in [-0.1, -0.05) is 31.6 Å². The Morgan fingerprint density at radius 3 is 3.00 bits per heavy atom. The Labute approximate surface area is 71.7 Å². The second kappa shape index (κ2) is 3.62. The zero-order valence-corrected chi connectivity index (χ0v) is 7.41. The number of hydrogen-bond acceptors (Lipinski definition) is 2. The molecule has 1 aliphatic heterocycles. The molecule has 0 aromatic heterocycles. The van der Waals surface area contributed by atoms with Crippen LogP contribution in [0.4, 0.5) is 0 Å². The van der Waals surface area contributed by atoms with Gasteiger partial charge in [0, 0.05) is 11.8 Å². The predicted molar refractivity (Wildman–Crippen MR) is 47.3 cm³/mol. The smallest absolute Gasteiger partial charge is 0.0251 e. The highest BCUT2D eigenvalue weighted by atomic mass is 35.5. The molecule has 1 rings (SSSR count). The van der Waals surface area contributed by atoms with Crippen LogP contribution in [0.15, 0.2) is 17.5 Å². The maximum absolute atomic E-state index is 5.59. The van der Waals surface area contributed by atoms with E-state index in [1.165, 1.54) is 0 Å². The van der Waals surface area contributed by atoms with Gasteiger partial charge >= 0.3 is 0 Å². The second-order valence-electron chi connectivity index (χ2n) is 2.81. The summed E-state index contributed by atoms with van der Waals surface area (Å²) in [7, 11) is 0. The van der Waals surface area contributed by atoms with Crippen LogP contribution in [0.1, 0.15) is 13.8 Å². The summed E-state index contributed by atoms with van der Waals surface area (Å²) >= 11 is 5.59. The van der Waals surface area contributed by atoms with Crippen LogP contribution in [0, 0.1) is 5.92 Å². The van der Waals surface area contributed by atoms with Crippen molar-refractivity contribution in [2.45, 2.75) is 13.8 Å². The fourth-order valence-electron chi connectivity index (χ4n) is 0.813. The van der Waals surface area contributed by atoms with Crippen molar-refractivity contribution < 1.29 is 0 Å². The predicted octanol–water partition coefficient (Wildman–Crippen LogP) is 2.31. The molecule has 0 atom stereocenters. The van der Waals surface area contributed by atoms with Crippen molar-refractivity contribution >= 4 is 16.9 Å². The standard InChI is InChI=1S/C7H11ClN3/c1-6(2)5-11-4-3-9-7(8)10-11/h3-4,6H,5H2,1-2H3/q-1. The first-order valence-electron chi connectivity index (χ1n) is 3.57. The summed E-state index contributed by atoms with van der Waals surface area (Å²) in [6.07, 6.45) is 3.46. The Bertz CT molecular complexity index is 186. The van der Waals surface area contributed by atoms with E-state index in [2.05, 4.69) is 24.3 Å².